The highest BCUT2D eigenvalue weighted by molar-refractivity contribution is 5.99. The van der Waals surface area contributed by atoms with Crippen molar-refractivity contribution in [3.63, 3.8) is 0 Å². The number of ether oxygens (including phenoxy) is 2. The molecule has 0 aliphatic carbocycles. The van der Waals surface area contributed by atoms with Crippen LogP contribution >= 0.6 is 0 Å². The lowest BCUT2D eigenvalue weighted by Gasteiger charge is -2.18. The fraction of sp³-hybridized carbons (Fsp3) is 0.333. The van der Waals surface area contributed by atoms with Crippen molar-refractivity contribution in [3.8, 4) is 0 Å². The first-order chi connectivity index (χ1) is 12.4. The molecule has 6 nitrogen and oxygen atoms in total. The SMILES string of the molecule is COC(=O)/C=C(/Nc1cc(C(F)(F)F)ccc1NCC(F)(F)F)C(=O)OC. The number of rotatable bonds is 6. The molecule has 0 saturated heterocycles. The van der Waals surface area contributed by atoms with Gasteiger partial charge in [-0.15, -0.1) is 0 Å². The molecule has 0 amide bonds. The average molecular weight is 400 g/mol. The standard InChI is InChI=1S/C15H14F6N2O4/c1-26-12(24)6-11(13(25)27-2)23-10-5-8(15(19,20)21)3-4-9(10)22-7-14(16,17)18/h3-6,22-23H,7H2,1-2H3/b11-6+. The molecule has 0 saturated carbocycles. The predicted molar refractivity (Wildman–Crippen MR) is 81.7 cm³/mol. The van der Waals surface area contributed by atoms with Crippen LogP contribution < -0.4 is 10.6 Å². The number of nitrogens with one attached hydrogen (secondary N) is 2. The van der Waals surface area contributed by atoms with Crippen molar-refractivity contribution in [1.29, 1.82) is 0 Å². The van der Waals surface area contributed by atoms with E-state index < -0.39 is 47.8 Å². The highest BCUT2D eigenvalue weighted by atomic mass is 19.4. The Morgan fingerprint density at radius 1 is 1.04 bits per heavy atom. The van der Waals surface area contributed by atoms with Gasteiger partial charge in [0.05, 0.1) is 37.2 Å². The molecule has 0 aromatic heterocycles. The predicted octanol–water partition coefficient (Wildman–Crippen LogP) is 3.32. The molecular weight excluding hydrogens is 386 g/mol. The van der Waals surface area contributed by atoms with E-state index in [-0.39, 0.29) is 5.69 Å². The number of carbonyl (C=O) groups is 2. The molecule has 1 aromatic rings. The number of anilines is 2. The number of alkyl halides is 6. The van der Waals surface area contributed by atoms with Crippen LogP contribution in [0.15, 0.2) is 30.0 Å². The van der Waals surface area contributed by atoms with Crippen molar-refractivity contribution < 1.29 is 45.4 Å². The largest absolute Gasteiger partial charge is 0.466 e. The van der Waals surface area contributed by atoms with Crippen molar-refractivity contribution in [2.24, 2.45) is 0 Å². The highest BCUT2D eigenvalue weighted by Crippen LogP contribution is 2.35. The molecule has 0 aliphatic heterocycles. The number of hydrogen-bond donors (Lipinski definition) is 2. The third-order valence-corrected chi connectivity index (χ3v) is 2.96. The normalized spacial score (nSPS) is 12.4. The number of carbonyl (C=O) groups excluding carboxylic acids is 2. The Morgan fingerprint density at radius 3 is 2.15 bits per heavy atom. The van der Waals surface area contributed by atoms with E-state index in [4.69, 9.17) is 0 Å². The lowest BCUT2D eigenvalue weighted by molar-refractivity contribution is -0.138. The van der Waals surface area contributed by atoms with E-state index in [0.717, 1.165) is 20.3 Å². The number of benzene rings is 1. The summed E-state index contributed by atoms with van der Waals surface area (Å²) >= 11 is 0. The number of hydrogen-bond acceptors (Lipinski definition) is 6. The van der Waals surface area contributed by atoms with E-state index in [9.17, 15) is 35.9 Å². The Balaban J connectivity index is 3.35. The van der Waals surface area contributed by atoms with E-state index in [1.54, 1.807) is 0 Å². The smallest absolute Gasteiger partial charge is 0.416 e. The first-order valence-electron chi connectivity index (χ1n) is 7.04. The summed E-state index contributed by atoms with van der Waals surface area (Å²) in [7, 11) is 1.92. The first kappa shape index (κ1) is 22.1. The number of halogens is 6. The molecule has 150 valence electrons. The van der Waals surface area contributed by atoms with Crippen LogP contribution in [0, 0.1) is 0 Å². The van der Waals surface area contributed by atoms with Crippen molar-refractivity contribution in [3.05, 3.63) is 35.5 Å². The average Bonchev–Trinajstić information content (AvgIpc) is 2.57. The Morgan fingerprint density at radius 2 is 1.67 bits per heavy atom. The van der Waals surface area contributed by atoms with Crippen molar-refractivity contribution in [1.82, 2.24) is 0 Å². The van der Waals surface area contributed by atoms with Gasteiger partial charge in [-0.1, -0.05) is 0 Å². The Bertz CT molecular complexity index is 728. The molecule has 0 fully saturated rings. The number of methoxy groups -OCH3 is 2. The van der Waals surface area contributed by atoms with E-state index >= 15 is 0 Å². The zero-order chi connectivity index (χ0) is 20.8. The molecule has 0 unspecified atom stereocenters. The summed E-state index contributed by atoms with van der Waals surface area (Å²) in [5, 5.41) is 4.08. The summed E-state index contributed by atoms with van der Waals surface area (Å²) in [5.41, 5.74) is -2.75. The quantitative estimate of drug-likeness (QED) is 0.434. The minimum Gasteiger partial charge on any atom is -0.466 e. The lowest BCUT2D eigenvalue weighted by Crippen LogP contribution is -2.23. The van der Waals surface area contributed by atoms with E-state index in [2.05, 4.69) is 14.8 Å². The summed E-state index contributed by atoms with van der Waals surface area (Å²) in [6.07, 6.45) is -8.86. The van der Waals surface area contributed by atoms with Crippen molar-refractivity contribution in [2.45, 2.75) is 12.4 Å². The van der Waals surface area contributed by atoms with Crippen molar-refractivity contribution in [2.75, 3.05) is 31.4 Å². The third-order valence-electron chi connectivity index (χ3n) is 2.96. The zero-order valence-electron chi connectivity index (χ0n) is 13.9. The molecule has 0 radical (unpaired) electrons. The van der Waals surface area contributed by atoms with E-state index in [0.29, 0.717) is 18.2 Å². The van der Waals surface area contributed by atoms with Gasteiger partial charge in [-0.25, -0.2) is 9.59 Å². The monoisotopic (exact) mass is 400 g/mol. The summed E-state index contributed by atoms with van der Waals surface area (Å²) in [4.78, 5) is 23.0. The van der Waals surface area contributed by atoms with Gasteiger partial charge in [0.1, 0.15) is 12.2 Å². The minimum atomic E-state index is -4.80. The molecule has 1 rings (SSSR count). The van der Waals surface area contributed by atoms with Crippen LogP contribution in [-0.4, -0.2) is 38.9 Å². The molecule has 1 aromatic carbocycles. The summed E-state index contributed by atoms with van der Waals surface area (Å²) < 4.78 is 84.6. The fourth-order valence-electron chi connectivity index (χ4n) is 1.75. The maximum atomic E-state index is 12.9. The third kappa shape index (κ3) is 7.07. The molecular formula is C15H14F6N2O4. The topological polar surface area (TPSA) is 76.7 Å². The Hall–Kier alpha value is -2.92. The molecule has 0 heterocycles. The van der Waals surface area contributed by atoms with Crippen LogP contribution in [-0.2, 0) is 25.2 Å². The minimum absolute atomic E-state index is 0.389. The first-order valence-corrected chi connectivity index (χ1v) is 7.04. The van der Waals surface area contributed by atoms with E-state index in [1.807, 2.05) is 5.32 Å². The Kier molecular flexibility index (Phi) is 7.08. The van der Waals surface area contributed by atoms with Gasteiger partial charge in [-0.05, 0) is 18.2 Å². The van der Waals surface area contributed by atoms with Gasteiger partial charge in [0.2, 0.25) is 0 Å². The lowest BCUT2D eigenvalue weighted by atomic mass is 10.1. The summed E-state index contributed by atoms with van der Waals surface area (Å²) in [6, 6.07) is 1.79. The van der Waals surface area contributed by atoms with Crippen LogP contribution in [0.1, 0.15) is 5.56 Å². The van der Waals surface area contributed by atoms with Gasteiger partial charge in [0.25, 0.3) is 0 Å². The molecule has 2 N–H and O–H groups in total. The zero-order valence-corrected chi connectivity index (χ0v) is 13.9. The van der Waals surface area contributed by atoms with Crippen LogP contribution in [0.2, 0.25) is 0 Å². The maximum Gasteiger partial charge on any atom is 0.416 e. The van der Waals surface area contributed by atoms with Crippen LogP contribution in [0.25, 0.3) is 0 Å². The second kappa shape index (κ2) is 8.64. The van der Waals surface area contributed by atoms with Gasteiger partial charge in [0, 0.05) is 0 Å². The summed E-state index contributed by atoms with van der Waals surface area (Å²) in [5.74, 6) is -2.20. The molecule has 0 bridgehead atoms. The van der Waals surface area contributed by atoms with Crippen LogP contribution in [0.3, 0.4) is 0 Å². The van der Waals surface area contributed by atoms with E-state index in [1.165, 1.54) is 0 Å². The van der Waals surface area contributed by atoms with Gasteiger partial charge in [-0.2, -0.15) is 26.3 Å². The Labute approximate surface area is 149 Å². The molecule has 12 heteroatoms. The van der Waals surface area contributed by atoms with Crippen LogP contribution in [0.4, 0.5) is 37.7 Å². The van der Waals surface area contributed by atoms with Gasteiger partial charge >= 0.3 is 24.3 Å². The van der Waals surface area contributed by atoms with Crippen molar-refractivity contribution >= 4 is 23.3 Å². The second-order valence-electron chi connectivity index (χ2n) is 4.92. The maximum absolute atomic E-state index is 12.9. The second-order valence-corrected chi connectivity index (χ2v) is 4.92. The summed E-state index contributed by atoms with van der Waals surface area (Å²) in [6.45, 7) is -1.54. The van der Waals surface area contributed by atoms with Gasteiger partial charge < -0.3 is 20.1 Å². The molecule has 27 heavy (non-hydrogen) atoms. The fourth-order valence-corrected chi connectivity index (χ4v) is 1.75. The van der Waals surface area contributed by atoms with Gasteiger partial charge in [-0.3, -0.25) is 0 Å². The molecule has 0 atom stereocenters. The molecule has 0 aliphatic rings. The number of esters is 2. The molecule has 0 spiro atoms. The van der Waals surface area contributed by atoms with Gasteiger partial charge in [0.15, 0.2) is 0 Å². The highest BCUT2D eigenvalue weighted by Gasteiger charge is 2.32. The van der Waals surface area contributed by atoms with Crippen LogP contribution in [0.5, 0.6) is 0 Å².